The van der Waals surface area contributed by atoms with Crippen LogP contribution in [0.15, 0.2) is 102 Å². The van der Waals surface area contributed by atoms with Crippen LogP contribution < -0.4 is 14.4 Å². The van der Waals surface area contributed by atoms with Gasteiger partial charge in [0, 0.05) is 35.1 Å². The fourth-order valence-electron chi connectivity index (χ4n) is 4.94. The molecule has 0 heterocycles. The third kappa shape index (κ3) is 9.28. The minimum absolute atomic E-state index is 0.0166. The molecule has 2 amide bonds. The molecule has 8 nitrogen and oxygen atoms in total. The molecule has 1 unspecified atom stereocenters. The summed E-state index contributed by atoms with van der Waals surface area (Å²) < 4.78 is 34.7. The number of rotatable bonds is 14. The largest absolute Gasteiger partial charge is 0.497 e. The molecule has 0 radical (unpaired) electrons. The summed E-state index contributed by atoms with van der Waals surface area (Å²) in [6.45, 7) is 5.45. The van der Waals surface area contributed by atoms with Gasteiger partial charge in [-0.05, 0) is 66.9 Å². The van der Waals surface area contributed by atoms with Crippen molar-refractivity contribution in [1.82, 2.24) is 10.2 Å². The fraction of sp³-hybridized carbons (Fsp3) is 0.278. The first-order valence-corrected chi connectivity index (χ1v) is 17.4. The number of benzene rings is 4. The highest BCUT2D eigenvalue weighted by Gasteiger charge is 2.35. The van der Waals surface area contributed by atoms with Crippen LogP contribution in [0.3, 0.4) is 0 Å². The molecule has 0 aliphatic rings. The number of methoxy groups -OCH3 is 1. The summed E-state index contributed by atoms with van der Waals surface area (Å²) in [7, 11) is -2.73. The fourth-order valence-corrected chi connectivity index (χ4v) is 6.88. The van der Waals surface area contributed by atoms with Crippen LogP contribution in [0.1, 0.15) is 30.5 Å². The number of amides is 2. The molecule has 47 heavy (non-hydrogen) atoms. The van der Waals surface area contributed by atoms with Crippen LogP contribution in [0.4, 0.5) is 5.69 Å². The first kappa shape index (κ1) is 35.8. The predicted molar refractivity (Wildman–Crippen MR) is 187 cm³/mol. The maximum Gasteiger partial charge on any atom is 0.264 e. The number of hydrogen-bond donors (Lipinski definition) is 1. The van der Waals surface area contributed by atoms with Gasteiger partial charge in [-0.25, -0.2) is 8.42 Å². The van der Waals surface area contributed by atoms with Gasteiger partial charge in [0.2, 0.25) is 11.8 Å². The summed E-state index contributed by atoms with van der Waals surface area (Å²) in [5, 5.41) is 3.60. The number of carbonyl (C=O) groups excluding carboxylic acids is 2. The molecule has 4 aromatic rings. The maximum atomic E-state index is 14.6. The first-order chi connectivity index (χ1) is 22.4. The van der Waals surface area contributed by atoms with Gasteiger partial charge in [-0.1, -0.05) is 91.1 Å². The summed E-state index contributed by atoms with van der Waals surface area (Å²) in [5.41, 5.74) is 2.39. The molecular formula is C36H39Cl2N3O5S. The molecule has 1 N–H and O–H groups in total. The van der Waals surface area contributed by atoms with Crippen molar-refractivity contribution >= 4 is 50.7 Å². The third-order valence-corrected chi connectivity index (χ3v) is 10.1. The van der Waals surface area contributed by atoms with Crippen LogP contribution in [-0.2, 0) is 32.6 Å². The van der Waals surface area contributed by atoms with E-state index in [4.69, 9.17) is 27.9 Å². The van der Waals surface area contributed by atoms with E-state index in [1.165, 1.54) is 24.1 Å². The number of hydrogen-bond acceptors (Lipinski definition) is 5. The van der Waals surface area contributed by atoms with E-state index >= 15 is 0 Å². The molecule has 0 aromatic heterocycles. The van der Waals surface area contributed by atoms with E-state index in [0.29, 0.717) is 27.9 Å². The Morgan fingerprint density at radius 2 is 1.47 bits per heavy atom. The minimum Gasteiger partial charge on any atom is -0.497 e. The van der Waals surface area contributed by atoms with Crippen molar-refractivity contribution in [2.75, 3.05) is 24.5 Å². The van der Waals surface area contributed by atoms with Gasteiger partial charge in [-0.3, -0.25) is 13.9 Å². The van der Waals surface area contributed by atoms with Gasteiger partial charge in [0.15, 0.2) is 0 Å². The molecule has 4 rings (SSSR count). The zero-order valence-electron chi connectivity index (χ0n) is 26.8. The van der Waals surface area contributed by atoms with Crippen molar-refractivity contribution < 1.29 is 22.7 Å². The summed E-state index contributed by atoms with van der Waals surface area (Å²) in [6, 6.07) is 26.1. The van der Waals surface area contributed by atoms with Crippen LogP contribution in [-0.4, -0.2) is 51.4 Å². The number of anilines is 1. The Morgan fingerprint density at radius 1 is 0.851 bits per heavy atom. The van der Waals surface area contributed by atoms with Gasteiger partial charge in [0.05, 0.1) is 17.7 Å². The van der Waals surface area contributed by atoms with Gasteiger partial charge >= 0.3 is 0 Å². The molecule has 0 saturated heterocycles. The highest BCUT2D eigenvalue weighted by molar-refractivity contribution is 7.92. The van der Waals surface area contributed by atoms with Crippen molar-refractivity contribution in [3.63, 3.8) is 0 Å². The van der Waals surface area contributed by atoms with Crippen molar-refractivity contribution in [3.8, 4) is 5.75 Å². The van der Waals surface area contributed by atoms with Crippen LogP contribution in [0.25, 0.3) is 0 Å². The highest BCUT2D eigenvalue weighted by atomic mass is 35.5. The Balaban J connectivity index is 1.83. The van der Waals surface area contributed by atoms with E-state index in [1.807, 2.05) is 51.1 Å². The van der Waals surface area contributed by atoms with E-state index in [0.717, 1.165) is 15.4 Å². The second-order valence-electron chi connectivity index (χ2n) is 11.6. The molecule has 248 valence electrons. The normalized spacial score (nSPS) is 12.0. The molecule has 0 saturated carbocycles. The number of carbonyl (C=O) groups is 2. The number of halogens is 2. The number of nitrogens with one attached hydrogen (secondary N) is 1. The summed E-state index contributed by atoms with van der Waals surface area (Å²) >= 11 is 13.2. The zero-order chi connectivity index (χ0) is 34.1. The molecule has 4 aromatic carbocycles. The van der Waals surface area contributed by atoms with E-state index in [1.54, 1.807) is 54.6 Å². The lowest BCUT2D eigenvalue weighted by atomic mass is 10.0. The van der Waals surface area contributed by atoms with E-state index in [9.17, 15) is 18.0 Å². The average Bonchev–Trinajstić information content (AvgIpc) is 3.05. The minimum atomic E-state index is -4.24. The van der Waals surface area contributed by atoms with Crippen molar-refractivity contribution in [2.45, 2.75) is 44.7 Å². The predicted octanol–water partition coefficient (Wildman–Crippen LogP) is 6.92. The second kappa shape index (κ2) is 16.2. The van der Waals surface area contributed by atoms with Gasteiger partial charge < -0.3 is 15.0 Å². The SMILES string of the molecule is COc1ccc(N(CC(=O)N(Cc2c(Cl)cccc2Cl)C(Cc2ccccc2)C(=O)NCC(C)C)S(=O)(=O)c2ccc(C)cc2)cc1. The van der Waals surface area contributed by atoms with E-state index in [-0.39, 0.29) is 35.4 Å². The number of aryl methyl sites for hydroxylation is 1. The summed E-state index contributed by atoms with van der Waals surface area (Å²) in [4.78, 5) is 29.9. The van der Waals surface area contributed by atoms with E-state index < -0.39 is 28.5 Å². The maximum absolute atomic E-state index is 14.6. The lowest BCUT2D eigenvalue weighted by molar-refractivity contribution is -0.140. The van der Waals surface area contributed by atoms with Gasteiger partial charge in [-0.15, -0.1) is 0 Å². The van der Waals surface area contributed by atoms with Crippen LogP contribution in [0, 0.1) is 12.8 Å². The Hall–Kier alpha value is -4.05. The average molecular weight is 697 g/mol. The second-order valence-corrected chi connectivity index (χ2v) is 14.3. The number of sulfonamides is 1. The smallest absolute Gasteiger partial charge is 0.264 e. The lowest BCUT2D eigenvalue weighted by Crippen LogP contribution is -2.53. The molecule has 1 atom stereocenters. The molecule has 0 aliphatic carbocycles. The van der Waals surface area contributed by atoms with Crippen LogP contribution in [0.5, 0.6) is 5.75 Å². The Kier molecular flexibility index (Phi) is 12.3. The van der Waals surface area contributed by atoms with Crippen LogP contribution >= 0.6 is 23.2 Å². The third-order valence-electron chi connectivity index (χ3n) is 7.59. The Bertz CT molecular complexity index is 1750. The van der Waals surface area contributed by atoms with Crippen LogP contribution in [0.2, 0.25) is 10.0 Å². The number of ether oxygens (including phenoxy) is 1. The van der Waals surface area contributed by atoms with Crippen molar-refractivity contribution in [1.29, 1.82) is 0 Å². The monoisotopic (exact) mass is 695 g/mol. The zero-order valence-corrected chi connectivity index (χ0v) is 29.1. The topological polar surface area (TPSA) is 96.0 Å². The molecule has 0 spiro atoms. The quantitative estimate of drug-likeness (QED) is 0.155. The molecule has 0 aliphatic heterocycles. The van der Waals surface area contributed by atoms with Gasteiger partial charge in [0.25, 0.3) is 10.0 Å². The van der Waals surface area contributed by atoms with E-state index in [2.05, 4.69) is 5.32 Å². The standard InChI is InChI=1S/C36H39Cl2N3O5S/c1-25(2)22-39-36(43)34(21-27-9-6-5-7-10-27)40(23-31-32(37)11-8-12-33(31)38)35(42)24-41(28-15-17-29(46-4)18-16-28)47(44,45)30-19-13-26(3)14-20-30/h5-20,25,34H,21-24H2,1-4H3,(H,39,43). The highest BCUT2D eigenvalue weighted by Crippen LogP contribution is 2.30. The summed E-state index contributed by atoms with van der Waals surface area (Å²) in [5.74, 6) is -0.319. The Morgan fingerprint density at radius 3 is 2.04 bits per heavy atom. The molecule has 11 heteroatoms. The molecule has 0 fully saturated rings. The number of nitrogens with zero attached hydrogens (tertiary/aromatic N) is 2. The molecular weight excluding hydrogens is 657 g/mol. The lowest BCUT2D eigenvalue weighted by Gasteiger charge is -2.34. The van der Waals surface area contributed by atoms with Gasteiger partial charge in [0.1, 0.15) is 18.3 Å². The van der Waals surface area contributed by atoms with Crippen molar-refractivity contribution in [2.24, 2.45) is 5.92 Å². The molecule has 0 bridgehead atoms. The first-order valence-electron chi connectivity index (χ1n) is 15.2. The van der Waals surface area contributed by atoms with Gasteiger partial charge in [-0.2, -0.15) is 0 Å². The van der Waals surface area contributed by atoms with Crippen molar-refractivity contribution in [3.05, 3.63) is 124 Å². The Labute approximate surface area is 287 Å². The summed E-state index contributed by atoms with van der Waals surface area (Å²) in [6.07, 6.45) is 0.172.